The Balaban J connectivity index is 1.27. The van der Waals surface area contributed by atoms with Crippen molar-refractivity contribution in [2.45, 2.75) is 25.3 Å². The number of aryl methyl sites for hydroxylation is 1. The van der Waals surface area contributed by atoms with Gasteiger partial charge < -0.3 is 19.9 Å². The van der Waals surface area contributed by atoms with Gasteiger partial charge in [0, 0.05) is 25.7 Å². The summed E-state index contributed by atoms with van der Waals surface area (Å²) in [4.78, 5) is 42.7. The number of carbonyl (C=O) groups excluding carboxylic acids is 3. The van der Waals surface area contributed by atoms with Crippen LogP contribution in [0.2, 0.25) is 0 Å². The van der Waals surface area contributed by atoms with E-state index in [1.54, 1.807) is 19.5 Å². The number of methoxy groups -OCH3 is 1. The number of benzene rings is 2. The minimum Gasteiger partial charge on any atom is -0.497 e. The molecule has 0 radical (unpaired) electrons. The molecule has 166 valence electrons. The minimum absolute atomic E-state index is 0.114. The summed E-state index contributed by atoms with van der Waals surface area (Å²) in [5.41, 5.74) is 3.40. The molecule has 0 bridgehead atoms. The minimum atomic E-state index is -0.692. The summed E-state index contributed by atoms with van der Waals surface area (Å²) in [5, 5.41) is 5.50. The van der Waals surface area contributed by atoms with E-state index in [0.29, 0.717) is 12.1 Å². The van der Waals surface area contributed by atoms with Crippen molar-refractivity contribution >= 4 is 34.6 Å². The van der Waals surface area contributed by atoms with Gasteiger partial charge in [-0.3, -0.25) is 14.5 Å². The third-order valence-electron chi connectivity index (χ3n) is 5.56. The van der Waals surface area contributed by atoms with E-state index in [-0.39, 0.29) is 31.2 Å². The normalized spacial score (nSPS) is 15.8. The number of imidazole rings is 1. The molecule has 32 heavy (non-hydrogen) atoms. The van der Waals surface area contributed by atoms with Gasteiger partial charge in [0.15, 0.2) is 0 Å². The quantitative estimate of drug-likeness (QED) is 0.529. The van der Waals surface area contributed by atoms with E-state index in [2.05, 4.69) is 15.6 Å². The number of anilines is 1. The second-order valence-corrected chi connectivity index (χ2v) is 7.74. The Labute approximate surface area is 185 Å². The number of urea groups is 1. The van der Waals surface area contributed by atoms with E-state index in [4.69, 9.17) is 4.74 Å². The van der Waals surface area contributed by atoms with Crippen molar-refractivity contribution in [2.75, 3.05) is 19.0 Å². The lowest BCUT2D eigenvalue weighted by Gasteiger charge is -2.13. The van der Waals surface area contributed by atoms with Gasteiger partial charge in [0.05, 0.1) is 24.5 Å². The van der Waals surface area contributed by atoms with Gasteiger partial charge >= 0.3 is 6.03 Å². The van der Waals surface area contributed by atoms with Gasteiger partial charge in [0.25, 0.3) is 5.91 Å². The zero-order chi connectivity index (χ0) is 22.7. The Bertz CT molecular complexity index is 1150. The second-order valence-electron chi connectivity index (χ2n) is 7.74. The smallest absolute Gasteiger partial charge is 0.324 e. The largest absolute Gasteiger partial charge is 0.497 e. The van der Waals surface area contributed by atoms with E-state index in [9.17, 15) is 14.4 Å². The summed E-state index contributed by atoms with van der Waals surface area (Å²) in [6.07, 6.45) is 2.61. The maximum Gasteiger partial charge on any atom is 0.324 e. The van der Waals surface area contributed by atoms with Crippen LogP contribution in [0.4, 0.5) is 10.5 Å². The lowest BCUT2D eigenvalue weighted by Crippen LogP contribution is -2.33. The van der Waals surface area contributed by atoms with Gasteiger partial charge in [-0.1, -0.05) is 12.1 Å². The first-order valence-electron chi connectivity index (χ1n) is 10.4. The number of aromatic nitrogens is 2. The number of fused-ring (bicyclic) bond motifs is 1. The highest BCUT2D eigenvalue weighted by atomic mass is 16.5. The molecule has 2 heterocycles. The number of imide groups is 1. The molecule has 2 N–H and O–H groups in total. The first kappa shape index (κ1) is 21.4. The summed E-state index contributed by atoms with van der Waals surface area (Å²) < 4.78 is 7.03. The van der Waals surface area contributed by atoms with Crippen LogP contribution in [0.5, 0.6) is 5.75 Å². The number of rotatable bonds is 8. The van der Waals surface area contributed by atoms with Crippen LogP contribution >= 0.6 is 0 Å². The lowest BCUT2D eigenvalue weighted by molar-refractivity contribution is -0.127. The van der Waals surface area contributed by atoms with Crippen LogP contribution in [0.1, 0.15) is 18.4 Å². The molecule has 1 aromatic heterocycles. The fourth-order valence-corrected chi connectivity index (χ4v) is 3.73. The maximum absolute atomic E-state index is 12.6. The Morgan fingerprint density at radius 1 is 1.19 bits per heavy atom. The lowest BCUT2D eigenvalue weighted by atomic mass is 10.1. The summed E-state index contributed by atoms with van der Waals surface area (Å²) in [6, 6.07) is 11.9. The number of ether oxygens (including phenoxy) is 1. The van der Waals surface area contributed by atoms with E-state index in [0.717, 1.165) is 22.3 Å². The SMILES string of the molecule is COc1ccc(CCN2C(=O)NC(CCC(=O)Nc3ccc4c(c3)ncn4C)C2=O)cc1. The van der Waals surface area contributed by atoms with E-state index in [1.165, 1.54) is 4.90 Å². The predicted molar refractivity (Wildman–Crippen MR) is 119 cm³/mol. The van der Waals surface area contributed by atoms with Crippen LogP contribution in [0.3, 0.4) is 0 Å². The molecule has 0 saturated carbocycles. The average Bonchev–Trinajstić information content (AvgIpc) is 3.29. The molecule has 4 amide bonds. The molecule has 3 aromatic rings. The van der Waals surface area contributed by atoms with Crippen molar-refractivity contribution in [1.29, 1.82) is 0 Å². The molecular formula is C23H25N5O4. The molecule has 1 aliphatic rings. The molecule has 1 atom stereocenters. The van der Waals surface area contributed by atoms with Crippen LogP contribution in [-0.2, 0) is 23.1 Å². The first-order chi connectivity index (χ1) is 15.4. The van der Waals surface area contributed by atoms with Crippen LogP contribution in [-0.4, -0.2) is 52.0 Å². The molecule has 9 heteroatoms. The summed E-state index contributed by atoms with van der Waals surface area (Å²) in [7, 11) is 3.50. The van der Waals surface area contributed by atoms with Gasteiger partial charge in [-0.2, -0.15) is 0 Å². The average molecular weight is 435 g/mol. The Morgan fingerprint density at radius 2 is 1.97 bits per heavy atom. The fraction of sp³-hybridized carbons (Fsp3) is 0.304. The highest BCUT2D eigenvalue weighted by molar-refractivity contribution is 6.04. The number of hydrogen-bond acceptors (Lipinski definition) is 5. The van der Waals surface area contributed by atoms with Crippen molar-refractivity contribution in [3.8, 4) is 5.75 Å². The van der Waals surface area contributed by atoms with Gasteiger partial charge in [-0.15, -0.1) is 0 Å². The number of nitrogens with one attached hydrogen (secondary N) is 2. The van der Waals surface area contributed by atoms with E-state index in [1.807, 2.05) is 48.0 Å². The van der Waals surface area contributed by atoms with Gasteiger partial charge in [0.2, 0.25) is 5.91 Å². The molecule has 0 aliphatic carbocycles. The standard InChI is InChI=1S/C23H25N5O4/c1-27-14-24-19-13-16(5-9-20(19)27)25-21(29)10-8-18-22(30)28(23(31)26-18)12-11-15-3-6-17(32-2)7-4-15/h3-7,9,13-14,18H,8,10-12H2,1-2H3,(H,25,29)(H,26,31). The van der Waals surface area contributed by atoms with Crippen LogP contribution < -0.4 is 15.4 Å². The number of hydrogen-bond donors (Lipinski definition) is 2. The molecule has 9 nitrogen and oxygen atoms in total. The monoisotopic (exact) mass is 435 g/mol. The molecule has 2 aromatic carbocycles. The zero-order valence-electron chi connectivity index (χ0n) is 18.0. The maximum atomic E-state index is 12.6. The highest BCUT2D eigenvalue weighted by Gasteiger charge is 2.37. The molecule has 0 spiro atoms. The molecule has 1 saturated heterocycles. The fourth-order valence-electron chi connectivity index (χ4n) is 3.73. The molecule has 1 aliphatic heterocycles. The third-order valence-corrected chi connectivity index (χ3v) is 5.56. The molecule has 1 unspecified atom stereocenters. The summed E-state index contributed by atoms with van der Waals surface area (Å²) in [5.74, 6) is 0.229. The molecule has 4 rings (SSSR count). The Kier molecular flexibility index (Phi) is 6.07. The topological polar surface area (TPSA) is 106 Å². The van der Waals surface area contributed by atoms with Crippen molar-refractivity contribution in [3.05, 3.63) is 54.4 Å². The highest BCUT2D eigenvalue weighted by Crippen LogP contribution is 2.19. The summed E-state index contributed by atoms with van der Waals surface area (Å²) >= 11 is 0. The van der Waals surface area contributed by atoms with Crippen molar-refractivity contribution in [1.82, 2.24) is 19.8 Å². The van der Waals surface area contributed by atoms with Crippen LogP contribution in [0, 0.1) is 0 Å². The summed E-state index contributed by atoms with van der Waals surface area (Å²) in [6.45, 7) is 0.282. The predicted octanol–water partition coefficient (Wildman–Crippen LogP) is 2.46. The molecule has 1 fully saturated rings. The van der Waals surface area contributed by atoms with Crippen molar-refractivity contribution < 1.29 is 19.1 Å². The van der Waals surface area contributed by atoms with Gasteiger partial charge in [-0.25, -0.2) is 9.78 Å². The molecular weight excluding hydrogens is 410 g/mol. The Morgan fingerprint density at radius 3 is 2.72 bits per heavy atom. The second kappa shape index (κ2) is 9.09. The van der Waals surface area contributed by atoms with Gasteiger partial charge in [0.1, 0.15) is 11.8 Å². The number of amides is 4. The van der Waals surface area contributed by atoms with E-state index >= 15 is 0 Å². The number of nitrogens with zero attached hydrogens (tertiary/aromatic N) is 3. The Hall–Kier alpha value is -3.88. The van der Waals surface area contributed by atoms with E-state index < -0.39 is 12.1 Å². The number of carbonyl (C=O) groups is 3. The zero-order valence-corrected chi connectivity index (χ0v) is 18.0. The van der Waals surface area contributed by atoms with Crippen molar-refractivity contribution in [2.24, 2.45) is 7.05 Å². The van der Waals surface area contributed by atoms with Crippen molar-refractivity contribution in [3.63, 3.8) is 0 Å². The van der Waals surface area contributed by atoms with Crippen LogP contribution in [0.15, 0.2) is 48.8 Å². The van der Waals surface area contributed by atoms with Gasteiger partial charge in [-0.05, 0) is 48.7 Å². The van der Waals surface area contributed by atoms with Crippen LogP contribution in [0.25, 0.3) is 11.0 Å². The first-order valence-corrected chi connectivity index (χ1v) is 10.4. The third kappa shape index (κ3) is 4.56.